The zero-order chi connectivity index (χ0) is 19.1. The molecule has 0 saturated carbocycles. The number of fused-ring (bicyclic) bond motifs is 1. The topological polar surface area (TPSA) is 115 Å². The average Bonchev–Trinajstić information content (AvgIpc) is 2.99. The zero-order valence-corrected chi connectivity index (χ0v) is 14.8. The highest BCUT2D eigenvalue weighted by atomic mass is 16.5. The van der Waals surface area contributed by atoms with Gasteiger partial charge in [0.1, 0.15) is 6.04 Å². The van der Waals surface area contributed by atoms with Crippen molar-refractivity contribution in [3.63, 3.8) is 0 Å². The largest absolute Gasteiger partial charge is 0.464 e. The van der Waals surface area contributed by atoms with Crippen LogP contribution in [0.2, 0.25) is 0 Å². The molecular weight excluding hydrogens is 340 g/mol. The highest BCUT2D eigenvalue weighted by molar-refractivity contribution is 5.78. The molecule has 2 rings (SSSR count). The van der Waals surface area contributed by atoms with E-state index in [1.165, 1.54) is 0 Å². The van der Waals surface area contributed by atoms with Crippen molar-refractivity contribution in [2.75, 3.05) is 29.9 Å². The minimum atomic E-state index is -0.817. The lowest BCUT2D eigenvalue weighted by Gasteiger charge is -2.21. The fourth-order valence-corrected chi connectivity index (χ4v) is 2.24. The van der Waals surface area contributed by atoms with Crippen LogP contribution in [0.15, 0.2) is 34.6 Å². The molecule has 1 unspecified atom stereocenters. The van der Waals surface area contributed by atoms with Crippen molar-refractivity contribution in [2.45, 2.75) is 26.3 Å². The molecule has 0 amide bonds. The summed E-state index contributed by atoms with van der Waals surface area (Å²) in [7, 11) is 0. The zero-order valence-electron chi connectivity index (χ0n) is 14.8. The lowest BCUT2D eigenvalue weighted by Crippen LogP contribution is -2.33. The number of nitrogens with one attached hydrogen (secondary N) is 1. The van der Waals surface area contributed by atoms with E-state index in [0.717, 1.165) is 4.57 Å². The van der Waals surface area contributed by atoms with Crippen molar-refractivity contribution < 1.29 is 14.1 Å². The van der Waals surface area contributed by atoms with Gasteiger partial charge in [0.15, 0.2) is 0 Å². The summed E-state index contributed by atoms with van der Waals surface area (Å²) in [6.45, 7) is 12.1. The number of rotatable bonds is 10. The van der Waals surface area contributed by atoms with Gasteiger partial charge in [0.05, 0.1) is 6.61 Å². The summed E-state index contributed by atoms with van der Waals surface area (Å²) in [5.41, 5.74) is 0. The molecule has 0 aromatic carbocycles. The summed E-state index contributed by atoms with van der Waals surface area (Å²) in [5.74, 6) is -0.807. The SMILES string of the molecule is C=CCN(CC=C)c1nc(NC(CC)C(=O)OCC)n2oc(=O)nc2n1. The van der Waals surface area contributed by atoms with Crippen LogP contribution in [0, 0.1) is 0 Å². The number of carbonyl (C=O) groups is 1. The molecule has 26 heavy (non-hydrogen) atoms. The van der Waals surface area contributed by atoms with Gasteiger partial charge in [-0.2, -0.15) is 9.97 Å². The molecule has 0 aliphatic carbocycles. The lowest BCUT2D eigenvalue weighted by atomic mass is 10.2. The van der Waals surface area contributed by atoms with Crippen LogP contribution in [0.25, 0.3) is 5.78 Å². The number of anilines is 2. The molecule has 2 heterocycles. The van der Waals surface area contributed by atoms with Gasteiger partial charge in [-0.3, -0.25) is 0 Å². The van der Waals surface area contributed by atoms with Crippen LogP contribution in [0.4, 0.5) is 11.9 Å². The Morgan fingerprint density at radius 2 is 2.00 bits per heavy atom. The molecule has 10 nitrogen and oxygen atoms in total. The molecule has 0 bridgehead atoms. The first-order chi connectivity index (χ1) is 12.5. The summed E-state index contributed by atoms with van der Waals surface area (Å²) in [6.07, 6.45) is 3.82. The maximum atomic E-state index is 12.1. The van der Waals surface area contributed by atoms with Crippen molar-refractivity contribution in [1.82, 2.24) is 19.5 Å². The fourth-order valence-electron chi connectivity index (χ4n) is 2.24. The Hall–Kier alpha value is -3.17. The summed E-state index contributed by atoms with van der Waals surface area (Å²) in [4.78, 5) is 37.7. The fraction of sp³-hybridized carbons (Fsp3) is 0.438. The van der Waals surface area contributed by atoms with Crippen LogP contribution in [0.5, 0.6) is 0 Å². The van der Waals surface area contributed by atoms with Crippen molar-refractivity contribution in [3.05, 3.63) is 35.9 Å². The van der Waals surface area contributed by atoms with Crippen molar-refractivity contribution in [1.29, 1.82) is 0 Å². The minimum Gasteiger partial charge on any atom is -0.464 e. The Balaban J connectivity index is 2.48. The van der Waals surface area contributed by atoms with Crippen LogP contribution in [0.3, 0.4) is 0 Å². The van der Waals surface area contributed by atoms with E-state index in [2.05, 4.69) is 33.4 Å². The minimum absolute atomic E-state index is 0.0272. The summed E-state index contributed by atoms with van der Waals surface area (Å²) >= 11 is 0. The third kappa shape index (κ3) is 4.26. The molecule has 0 spiro atoms. The molecule has 2 aromatic rings. The second-order valence-electron chi connectivity index (χ2n) is 5.25. The number of ether oxygens (including phenoxy) is 1. The molecule has 0 fully saturated rings. The third-order valence-electron chi connectivity index (χ3n) is 3.41. The first kappa shape index (κ1) is 19.2. The number of esters is 1. The smallest absolute Gasteiger partial charge is 0.462 e. The quantitative estimate of drug-likeness (QED) is 0.488. The Morgan fingerprint density at radius 1 is 1.31 bits per heavy atom. The number of hydrogen-bond donors (Lipinski definition) is 1. The highest BCUT2D eigenvalue weighted by Crippen LogP contribution is 2.15. The van der Waals surface area contributed by atoms with Crippen molar-refractivity contribution >= 4 is 23.6 Å². The summed E-state index contributed by atoms with van der Waals surface area (Å²) < 4.78 is 11.1. The average molecular weight is 362 g/mol. The van der Waals surface area contributed by atoms with Gasteiger partial charge in [0, 0.05) is 13.1 Å². The van der Waals surface area contributed by atoms with Crippen LogP contribution in [-0.4, -0.2) is 51.2 Å². The van der Waals surface area contributed by atoms with Crippen LogP contribution >= 0.6 is 0 Å². The second kappa shape index (κ2) is 8.79. The maximum Gasteiger partial charge on any atom is 0.462 e. The highest BCUT2D eigenvalue weighted by Gasteiger charge is 2.22. The molecule has 10 heteroatoms. The molecule has 1 N–H and O–H groups in total. The van der Waals surface area contributed by atoms with E-state index >= 15 is 0 Å². The molecule has 0 aliphatic heterocycles. The van der Waals surface area contributed by atoms with Crippen LogP contribution < -0.4 is 16.0 Å². The summed E-state index contributed by atoms with van der Waals surface area (Å²) in [6, 6.07) is -0.666. The standard InChI is InChI=1S/C16H22N6O4/c1-5-9-21(10-6-2)13-18-14(17-11(7-3)12(23)25-8-4)22-15(19-13)20-16(24)26-22/h5-6,11H,1-2,7-10H2,3-4H3,(H,17,18,19,20,24). The normalized spacial score (nSPS) is 11.8. The van der Waals surface area contributed by atoms with E-state index in [9.17, 15) is 9.59 Å². The Labute approximate surface area is 150 Å². The van der Waals surface area contributed by atoms with Crippen LogP contribution in [0.1, 0.15) is 20.3 Å². The van der Waals surface area contributed by atoms with Crippen LogP contribution in [-0.2, 0) is 9.53 Å². The maximum absolute atomic E-state index is 12.1. The Morgan fingerprint density at radius 3 is 2.58 bits per heavy atom. The predicted octanol–water partition coefficient (Wildman–Crippen LogP) is 1.01. The molecule has 2 aromatic heterocycles. The van der Waals surface area contributed by atoms with E-state index in [4.69, 9.17) is 9.26 Å². The van der Waals surface area contributed by atoms with Gasteiger partial charge < -0.3 is 19.5 Å². The van der Waals surface area contributed by atoms with E-state index in [1.807, 2.05) is 6.92 Å². The van der Waals surface area contributed by atoms with E-state index in [1.54, 1.807) is 24.0 Å². The van der Waals surface area contributed by atoms with Gasteiger partial charge in [-0.25, -0.2) is 9.59 Å². The summed E-state index contributed by atoms with van der Waals surface area (Å²) in [5, 5.41) is 2.94. The predicted molar refractivity (Wildman–Crippen MR) is 96.3 cm³/mol. The second-order valence-corrected chi connectivity index (χ2v) is 5.25. The van der Waals surface area contributed by atoms with Gasteiger partial charge in [0.2, 0.25) is 11.9 Å². The number of nitrogens with zero attached hydrogens (tertiary/aromatic N) is 5. The third-order valence-corrected chi connectivity index (χ3v) is 3.41. The molecule has 1 atom stereocenters. The van der Waals surface area contributed by atoms with Crippen molar-refractivity contribution in [3.8, 4) is 0 Å². The van der Waals surface area contributed by atoms with Crippen molar-refractivity contribution in [2.24, 2.45) is 0 Å². The number of carbonyl (C=O) groups excluding carboxylic acids is 1. The number of aromatic nitrogens is 4. The molecule has 0 aliphatic rings. The first-order valence-electron chi connectivity index (χ1n) is 8.22. The van der Waals surface area contributed by atoms with Gasteiger partial charge in [-0.15, -0.1) is 18.1 Å². The van der Waals surface area contributed by atoms with E-state index in [0.29, 0.717) is 25.5 Å². The lowest BCUT2D eigenvalue weighted by molar-refractivity contribution is -0.144. The first-order valence-corrected chi connectivity index (χ1v) is 8.22. The Kier molecular flexibility index (Phi) is 6.48. The monoisotopic (exact) mass is 362 g/mol. The molecule has 0 radical (unpaired) electrons. The number of hydrogen-bond acceptors (Lipinski definition) is 9. The van der Waals surface area contributed by atoms with E-state index < -0.39 is 17.8 Å². The van der Waals surface area contributed by atoms with Gasteiger partial charge in [-0.05, 0) is 13.3 Å². The molecular formula is C16H22N6O4. The molecule has 0 saturated heterocycles. The van der Waals surface area contributed by atoms with E-state index in [-0.39, 0.29) is 18.3 Å². The van der Waals surface area contributed by atoms with Gasteiger partial charge in [-0.1, -0.05) is 23.6 Å². The van der Waals surface area contributed by atoms with Gasteiger partial charge in [0.25, 0.3) is 5.78 Å². The van der Waals surface area contributed by atoms with Gasteiger partial charge >= 0.3 is 11.7 Å². The molecule has 140 valence electrons. The Bertz CT molecular complexity index is 833.